The summed E-state index contributed by atoms with van der Waals surface area (Å²) in [5, 5.41) is 8.75. The lowest BCUT2D eigenvalue weighted by atomic mass is 10.1. The predicted molar refractivity (Wildman–Crippen MR) is 74.1 cm³/mol. The maximum Gasteiger partial charge on any atom is 0.255 e. The van der Waals surface area contributed by atoms with Gasteiger partial charge in [0.2, 0.25) is 0 Å². The van der Waals surface area contributed by atoms with E-state index in [9.17, 15) is 4.79 Å². The van der Waals surface area contributed by atoms with Crippen LogP contribution in [0.15, 0.2) is 18.5 Å². The number of aliphatic hydroxyl groups is 1. The fraction of sp³-hybridized carbons (Fsp3) is 0.467. The van der Waals surface area contributed by atoms with E-state index in [-0.39, 0.29) is 18.6 Å². The SMILES string of the molecule is CC1COCCN1C(=O)c1ccncc1C#CCCO. The van der Waals surface area contributed by atoms with Crippen LogP contribution in [0, 0.1) is 11.8 Å². The second-order valence-corrected chi connectivity index (χ2v) is 4.62. The lowest BCUT2D eigenvalue weighted by molar-refractivity contribution is 0.00357. The van der Waals surface area contributed by atoms with E-state index >= 15 is 0 Å². The number of nitrogens with zero attached hydrogens (tertiary/aromatic N) is 2. The smallest absolute Gasteiger partial charge is 0.255 e. The van der Waals surface area contributed by atoms with Crippen LogP contribution in [-0.2, 0) is 4.74 Å². The second kappa shape index (κ2) is 7.04. The average Bonchev–Trinajstić information content (AvgIpc) is 2.48. The van der Waals surface area contributed by atoms with Crippen molar-refractivity contribution in [2.75, 3.05) is 26.4 Å². The Bertz CT molecular complexity index is 533. The molecule has 1 amide bonds. The number of rotatable bonds is 2. The Labute approximate surface area is 118 Å². The second-order valence-electron chi connectivity index (χ2n) is 4.62. The zero-order chi connectivity index (χ0) is 14.4. The number of morpholine rings is 1. The molecule has 2 heterocycles. The van der Waals surface area contributed by atoms with Gasteiger partial charge in [0.1, 0.15) is 0 Å². The molecule has 1 aliphatic rings. The molecule has 0 radical (unpaired) electrons. The van der Waals surface area contributed by atoms with E-state index in [2.05, 4.69) is 16.8 Å². The third kappa shape index (κ3) is 3.35. The van der Waals surface area contributed by atoms with Crippen molar-refractivity contribution >= 4 is 5.91 Å². The van der Waals surface area contributed by atoms with E-state index in [4.69, 9.17) is 9.84 Å². The third-order valence-corrected chi connectivity index (χ3v) is 3.14. The average molecular weight is 274 g/mol. The molecule has 1 saturated heterocycles. The molecule has 1 aromatic heterocycles. The van der Waals surface area contributed by atoms with Gasteiger partial charge in [-0.2, -0.15) is 0 Å². The van der Waals surface area contributed by atoms with Crippen molar-refractivity contribution in [2.45, 2.75) is 19.4 Å². The molecule has 0 aliphatic carbocycles. The minimum atomic E-state index is -0.0449. The highest BCUT2D eigenvalue weighted by Crippen LogP contribution is 2.14. The maximum atomic E-state index is 12.6. The van der Waals surface area contributed by atoms with E-state index in [0.717, 1.165) is 0 Å². The summed E-state index contributed by atoms with van der Waals surface area (Å²) in [4.78, 5) is 18.4. The van der Waals surface area contributed by atoms with Gasteiger partial charge in [-0.1, -0.05) is 11.8 Å². The van der Waals surface area contributed by atoms with Gasteiger partial charge in [0.05, 0.1) is 37.0 Å². The van der Waals surface area contributed by atoms with Crippen molar-refractivity contribution in [3.05, 3.63) is 29.6 Å². The molecule has 2 rings (SSSR count). The van der Waals surface area contributed by atoms with Gasteiger partial charge in [-0.15, -0.1) is 0 Å². The number of carbonyl (C=O) groups is 1. The first kappa shape index (κ1) is 14.5. The van der Waals surface area contributed by atoms with Crippen molar-refractivity contribution in [1.29, 1.82) is 0 Å². The summed E-state index contributed by atoms with van der Waals surface area (Å²) < 4.78 is 5.35. The van der Waals surface area contributed by atoms with Gasteiger partial charge in [-0.3, -0.25) is 9.78 Å². The van der Waals surface area contributed by atoms with Crippen LogP contribution in [0.1, 0.15) is 29.3 Å². The molecule has 1 N–H and O–H groups in total. The highest BCUT2D eigenvalue weighted by Gasteiger charge is 2.25. The molecule has 1 atom stereocenters. The van der Waals surface area contributed by atoms with Crippen LogP contribution in [0.25, 0.3) is 0 Å². The summed E-state index contributed by atoms with van der Waals surface area (Å²) in [6, 6.07) is 1.75. The number of pyridine rings is 1. The normalized spacial score (nSPS) is 18.3. The number of carbonyl (C=O) groups excluding carboxylic acids is 1. The Morgan fingerprint density at radius 1 is 1.65 bits per heavy atom. The Morgan fingerprint density at radius 3 is 3.25 bits per heavy atom. The van der Waals surface area contributed by atoms with Gasteiger partial charge >= 0.3 is 0 Å². The molecular formula is C15H18N2O3. The maximum absolute atomic E-state index is 12.6. The summed E-state index contributed by atoms with van der Waals surface area (Å²) in [5.74, 6) is 5.68. The Kier molecular flexibility index (Phi) is 5.10. The number of hydrogen-bond donors (Lipinski definition) is 1. The molecule has 1 aliphatic heterocycles. The zero-order valence-corrected chi connectivity index (χ0v) is 11.5. The van der Waals surface area contributed by atoms with E-state index in [1.165, 1.54) is 0 Å². The minimum Gasteiger partial charge on any atom is -0.395 e. The number of amides is 1. The number of aromatic nitrogens is 1. The molecule has 1 aromatic rings. The van der Waals surface area contributed by atoms with Crippen molar-refractivity contribution in [3.63, 3.8) is 0 Å². The van der Waals surface area contributed by atoms with Crippen molar-refractivity contribution < 1.29 is 14.6 Å². The van der Waals surface area contributed by atoms with Gasteiger partial charge in [0.15, 0.2) is 0 Å². The summed E-state index contributed by atoms with van der Waals surface area (Å²) in [6.07, 6.45) is 3.56. The Morgan fingerprint density at radius 2 is 2.50 bits per heavy atom. The van der Waals surface area contributed by atoms with Crippen LogP contribution >= 0.6 is 0 Å². The molecule has 1 fully saturated rings. The monoisotopic (exact) mass is 274 g/mol. The third-order valence-electron chi connectivity index (χ3n) is 3.14. The van der Waals surface area contributed by atoms with E-state index in [0.29, 0.717) is 37.3 Å². The van der Waals surface area contributed by atoms with Crippen LogP contribution in [0.4, 0.5) is 0 Å². The van der Waals surface area contributed by atoms with Crippen molar-refractivity contribution in [1.82, 2.24) is 9.88 Å². The lowest BCUT2D eigenvalue weighted by Gasteiger charge is -2.33. The topological polar surface area (TPSA) is 62.7 Å². The standard InChI is InChI=1S/C15H18N2O3/c1-12-11-20-9-7-17(12)15(19)14-5-6-16-10-13(14)4-2-3-8-18/h5-6,10,12,18H,3,7-9,11H2,1H3. The van der Waals surface area contributed by atoms with Crippen LogP contribution in [0.2, 0.25) is 0 Å². The number of ether oxygens (including phenoxy) is 1. The molecule has 0 spiro atoms. The molecule has 106 valence electrons. The molecule has 5 heteroatoms. The summed E-state index contributed by atoms with van der Waals surface area (Å²) in [5.41, 5.74) is 1.16. The van der Waals surface area contributed by atoms with E-state index in [1.807, 2.05) is 6.92 Å². The number of hydrogen-bond acceptors (Lipinski definition) is 4. The Hall–Kier alpha value is -1.90. The number of aliphatic hydroxyl groups excluding tert-OH is 1. The van der Waals surface area contributed by atoms with Crippen LogP contribution in [0.3, 0.4) is 0 Å². The largest absolute Gasteiger partial charge is 0.395 e. The van der Waals surface area contributed by atoms with Gasteiger partial charge < -0.3 is 14.7 Å². The van der Waals surface area contributed by atoms with Crippen LogP contribution in [0.5, 0.6) is 0 Å². The Balaban J connectivity index is 2.23. The molecule has 0 saturated carbocycles. The fourth-order valence-electron chi connectivity index (χ4n) is 2.08. The first-order valence-electron chi connectivity index (χ1n) is 6.66. The predicted octanol–water partition coefficient (Wildman–Crippen LogP) is 0.676. The zero-order valence-electron chi connectivity index (χ0n) is 11.5. The molecule has 0 bridgehead atoms. The van der Waals surface area contributed by atoms with E-state index < -0.39 is 0 Å². The van der Waals surface area contributed by atoms with E-state index in [1.54, 1.807) is 23.4 Å². The first-order valence-corrected chi connectivity index (χ1v) is 6.66. The van der Waals surface area contributed by atoms with Gasteiger partial charge in [0.25, 0.3) is 5.91 Å². The molecule has 20 heavy (non-hydrogen) atoms. The summed E-state index contributed by atoms with van der Waals surface area (Å²) in [7, 11) is 0. The first-order chi connectivity index (χ1) is 9.74. The van der Waals surface area contributed by atoms with Gasteiger partial charge in [-0.05, 0) is 13.0 Å². The van der Waals surface area contributed by atoms with Gasteiger partial charge in [0, 0.05) is 25.4 Å². The molecule has 1 unspecified atom stereocenters. The lowest BCUT2D eigenvalue weighted by Crippen LogP contribution is -2.47. The van der Waals surface area contributed by atoms with Crippen molar-refractivity contribution in [2.24, 2.45) is 0 Å². The fourth-order valence-corrected chi connectivity index (χ4v) is 2.08. The summed E-state index contributed by atoms with van der Waals surface area (Å²) >= 11 is 0. The van der Waals surface area contributed by atoms with Crippen molar-refractivity contribution in [3.8, 4) is 11.8 Å². The highest BCUT2D eigenvalue weighted by atomic mass is 16.5. The van der Waals surface area contributed by atoms with Gasteiger partial charge in [-0.25, -0.2) is 0 Å². The van der Waals surface area contributed by atoms with Crippen LogP contribution in [-0.4, -0.2) is 53.3 Å². The molecular weight excluding hydrogens is 256 g/mol. The quantitative estimate of drug-likeness (QED) is 0.805. The minimum absolute atomic E-state index is 0.0110. The molecule has 5 nitrogen and oxygen atoms in total. The molecule has 0 aromatic carbocycles. The van der Waals surface area contributed by atoms with Crippen LogP contribution < -0.4 is 0 Å². The highest BCUT2D eigenvalue weighted by molar-refractivity contribution is 5.96. The summed E-state index contributed by atoms with van der Waals surface area (Å²) in [6.45, 7) is 3.69.